The monoisotopic (exact) mass is 397 g/mol. The van der Waals surface area contributed by atoms with E-state index >= 15 is 0 Å². The highest BCUT2D eigenvalue weighted by Crippen LogP contribution is 2.38. The van der Waals surface area contributed by atoms with Gasteiger partial charge in [0.05, 0.1) is 18.1 Å². The van der Waals surface area contributed by atoms with Crippen LogP contribution in [0.3, 0.4) is 0 Å². The topological polar surface area (TPSA) is 104 Å². The second-order valence-corrected chi connectivity index (χ2v) is 7.99. The Labute approximate surface area is 166 Å². The van der Waals surface area contributed by atoms with E-state index in [-0.39, 0.29) is 24.1 Å². The van der Waals surface area contributed by atoms with Crippen molar-refractivity contribution in [3.8, 4) is 6.07 Å². The fourth-order valence-electron chi connectivity index (χ4n) is 3.14. The summed E-state index contributed by atoms with van der Waals surface area (Å²) in [5, 5.41) is 15.7. The Morgan fingerprint density at radius 1 is 1.36 bits per heavy atom. The van der Waals surface area contributed by atoms with Crippen LogP contribution in [0.2, 0.25) is 0 Å². The molecular formula is C20H19N3O4S. The van der Waals surface area contributed by atoms with Crippen molar-refractivity contribution >= 4 is 34.4 Å². The van der Waals surface area contributed by atoms with Crippen LogP contribution in [0.1, 0.15) is 40.8 Å². The molecule has 2 aromatic heterocycles. The maximum absolute atomic E-state index is 12.2. The highest BCUT2D eigenvalue weighted by molar-refractivity contribution is 7.16. The number of alkyl carbamates (subject to hydrolysis) is 1. The van der Waals surface area contributed by atoms with E-state index in [2.05, 4.69) is 16.7 Å². The fourth-order valence-corrected chi connectivity index (χ4v) is 4.40. The van der Waals surface area contributed by atoms with Gasteiger partial charge in [0, 0.05) is 29.0 Å². The molecule has 8 heteroatoms. The number of nitriles is 1. The number of furan rings is 1. The van der Waals surface area contributed by atoms with Gasteiger partial charge in [0.1, 0.15) is 17.2 Å². The summed E-state index contributed by atoms with van der Waals surface area (Å²) in [4.78, 5) is 25.0. The fraction of sp³-hybridized carbons (Fsp3) is 0.350. The number of carbonyl (C=O) groups excluding carboxylic acids is 2. The molecule has 0 spiro atoms. The number of hydrogen-bond donors (Lipinski definition) is 2. The van der Waals surface area contributed by atoms with E-state index in [1.807, 2.05) is 0 Å². The normalized spacial score (nSPS) is 18.3. The molecule has 2 heterocycles. The number of rotatable bonds is 5. The van der Waals surface area contributed by atoms with Gasteiger partial charge in [0.2, 0.25) is 5.91 Å². The smallest absolute Gasteiger partial charge is 0.407 e. The summed E-state index contributed by atoms with van der Waals surface area (Å²) in [6.45, 7) is 0. The summed E-state index contributed by atoms with van der Waals surface area (Å²) in [5.41, 5.74) is 2.24. The lowest BCUT2D eigenvalue weighted by molar-refractivity contribution is -0.111. The molecule has 0 saturated heterocycles. The Hall–Kier alpha value is -3.05. The first-order valence-corrected chi connectivity index (χ1v) is 9.97. The molecule has 0 aliphatic heterocycles. The lowest BCUT2D eigenvalue weighted by atomic mass is 9.94. The molecule has 28 heavy (non-hydrogen) atoms. The number of nitrogens with one attached hydrogen (secondary N) is 2. The number of amides is 2. The molecule has 1 saturated carbocycles. The number of thiophene rings is 1. The van der Waals surface area contributed by atoms with Crippen LogP contribution in [-0.4, -0.2) is 24.1 Å². The average Bonchev–Trinajstić information content (AvgIpc) is 3.19. The lowest BCUT2D eigenvalue weighted by Gasteiger charge is -2.22. The standard InChI is InChI=1S/C20H19N3O4S/c21-10-16-15-5-4-14(27-20(25)22-13-2-3-13)9-17(15)28-19(16)23-18(24)6-1-12-7-8-26-11-12/h1,6-8,11,13-14H,2-5,9H2,(H,22,25)(H,23,24)/b6-1+. The van der Waals surface area contributed by atoms with Crippen LogP contribution in [-0.2, 0) is 22.4 Å². The zero-order valence-electron chi connectivity index (χ0n) is 15.1. The van der Waals surface area contributed by atoms with Crippen molar-refractivity contribution < 1.29 is 18.7 Å². The SMILES string of the molecule is N#Cc1c(NC(=O)/C=C/c2ccoc2)sc2c1CCC(OC(=O)NC1CC1)C2. The van der Waals surface area contributed by atoms with E-state index in [0.717, 1.165) is 28.8 Å². The lowest BCUT2D eigenvalue weighted by Crippen LogP contribution is -2.32. The summed E-state index contributed by atoms with van der Waals surface area (Å²) >= 11 is 1.38. The van der Waals surface area contributed by atoms with E-state index in [1.165, 1.54) is 29.9 Å². The van der Waals surface area contributed by atoms with Gasteiger partial charge in [-0.05, 0) is 43.4 Å². The highest BCUT2D eigenvalue weighted by Gasteiger charge is 2.30. The molecule has 4 rings (SSSR count). The number of carbonyl (C=O) groups is 2. The van der Waals surface area contributed by atoms with Gasteiger partial charge in [-0.2, -0.15) is 5.26 Å². The van der Waals surface area contributed by atoms with Crippen LogP contribution in [0.5, 0.6) is 0 Å². The minimum absolute atomic E-state index is 0.207. The van der Waals surface area contributed by atoms with Crippen molar-refractivity contribution in [1.29, 1.82) is 5.26 Å². The maximum Gasteiger partial charge on any atom is 0.407 e. The third kappa shape index (κ3) is 4.26. The number of nitrogens with zero attached hydrogens (tertiary/aromatic N) is 1. The predicted molar refractivity (Wildman–Crippen MR) is 104 cm³/mol. The van der Waals surface area contributed by atoms with Crippen LogP contribution >= 0.6 is 11.3 Å². The summed E-state index contributed by atoms with van der Waals surface area (Å²) in [5.74, 6) is -0.312. The van der Waals surface area contributed by atoms with E-state index in [0.29, 0.717) is 29.8 Å². The van der Waals surface area contributed by atoms with Gasteiger partial charge in [0.15, 0.2) is 0 Å². The molecule has 1 atom stereocenters. The third-order valence-corrected chi connectivity index (χ3v) is 5.88. The summed E-state index contributed by atoms with van der Waals surface area (Å²) in [6.07, 6.45) is 9.44. The minimum Gasteiger partial charge on any atom is -0.472 e. The molecule has 2 aliphatic rings. The third-order valence-electron chi connectivity index (χ3n) is 4.71. The number of fused-ring (bicyclic) bond motifs is 1. The van der Waals surface area contributed by atoms with E-state index < -0.39 is 0 Å². The molecule has 0 aromatic carbocycles. The first-order valence-electron chi connectivity index (χ1n) is 9.15. The number of hydrogen-bond acceptors (Lipinski definition) is 6. The molecular weight excluding hydrogens is 378 g/mol. The Bertz CT molecular complexity index is 951. The zero-order valence-corrected chi connectivity index (χ0v) is 15.9. The van der Waals surface area contributed by atoms with Gasteiger partial charge in [-0.25, -0.2) is 4.79 Å². The molecule has 0 radical (unpaired) electrons. The van der Waals surface area contributed by atoms with Crippen molar-refractivity contribution in [2.75, 3.05) is 5.32 Å². The summed E-state index contributed by atoms with van der Waals surface area (Å²) < 4.78 is 10.5. The number of ether oxygens (including phenoxy) is 1. The van der Waals surface area contributed by atoms with Gasteiger partial charge in [0.25, 0.3) is 0 Å². The van der Waals surface area contributed by atoms with Crippen molar-refractivity contribution in [2.45, 2.75) is 44.2 Å². The van der Waals surface area contributed by atoms with E-state index in [4.69, 9.17) is 9.15 Å². The molecule has 2 aromatic rings. The molecule has 1 fully saturated rings. The van der Waals surface area contributed by atoms with Crippen molar-refractivity contribution in [3.63, 3.8) is 0 Å². The van der Waals surface area contributed by atoms with Crippen LogP contribution in [0.25, 0.3) is 6.08 Å². The first-order chi connectivity index (χ1) is 13.6. The second-order valence-electron chi connectivity index (χ2n) is 6.89. The Morgan fingerprint density at radius 2 is 2.21 bits per heavy atom. The van der Waals surface area contributed by atoms with Gasteiger partial charge >= 0.3 is 6.09 Å². The van der Waals surface area contributed by atoms with E-state index in [1.54, 1.807) is 12.1 Å². The Balaban J connectivity index is 1.42. The summed E-state index contributed by atoms with van der Waals surface area (Å²) in [7, 11) is 0. The van der Waals surface area contributed by atoms with Crippen molar-refractivity contribution in [2.24, 2.45) is 0 Å². The van der Waals surface area contributed by atoms with Crippen LogP contribution < -0.4 is 10.6 Å². The van der Waals surface area contributed by atoms with Crippen LogP contribution in [0.4, 0.5) is 9.80 Å². The Morgan fingerprint density at radius 3 is 2.93 bits per heavy atom. The molecule has 2 N–H and O–H groups in total. The van der Waals surface area contributed by atoms with Gasteiger partial charge in [-0.1, -0.05) is 0 Å². The zero-order chi connectivity index (χ0) is 19.5. The van der Waals surface area contributed by atoms with E-state index in [9.17, 15) is 14.9 Å². The van der Waals surface area contributed by atoms with Crippen LogP contribution in [0, 0.1) is 11.3 Å². The second kappa shape index (κ2) is 7.90. The quantitative estimate of drug-likeness (QED) is 0.750. The molecule has 1 unspecified atom stereocenters. The number of anilines is 1. The molecule has 144 valence electrons. The van der Waals surface area contributed by atoms with Crippen LogP contribution in [0.15, 0.2) is 29.1 Å². The van der Waals surface area contributed by atoms with Gasteiger partial charge in [-0.3, -0.25) is 4.79 Å². The summed E-state index contributed by atoms with van der Waals surface area (Å²) in [6, 6.07) is 4.21. The molecule has 0 bridgehead atoms. The molecule has 2 aliphatic carbocycles. The Kier molecular flexibility index (Phi) is 5.17. The molecule has 7 nitrogen and oxygen atoms in total. The van der Waals surface area contributed by atoms with Crippen molar-refractivity contribution in [1.82, 2.24) is 5.32 Å². The minimum atomic E-state index is -0.370. The molecule has 2 amide bonds. The van der Waals surface area contributed by atoms with Gasteiger partial charge in [-0.15, -0.1) is 11.3 Å². The first kappa shape index (κ1) is 18.3. The maximum atomic E-state index is 12.2. The average molecular weight is 397 g/mol. The highest BCUT2D eigenvalue weighted by atomic mass is 32.1. The van der Waals surface area contributed by atoms with Crippen molar-refractivity contribution in [3.05, 3.63) is 46.2 Å². The van der Waals surface area contributed by atoms with Gasteiger partial charge < -0.3 is 19.8 Å². The largest absolute Gasteiger partial charge is 0.472 e. The predicted octanol–water partition coefficient (Wildman–Crippen LogP) is 3.61.